The van der Waals surface area contributed by atoms with Crippen LogP contribution in [0, 0.1) is 0 Å². The van der Waals surface area contributed by atoms with E-state index in [0.717, 1.165) is 28.8 Å². The quantitative estimate of drug-likeness (QED) is 0.524. The Bertz CT molecular complexity index is 1030. The molecule has 0 atom stereocenters. The Morgan fingerprint density at radius 3 is 2.65 bits per heavy atom. The fourth-order valence-corrected chi connectivity index (χ4v) is 3.42. The number of nitrogens with zero attached hydrogens (tertiary/aromatic N) is 1. The third-order valence-electron chi connectivity index (χ3n) is 4.22. The average Bonchev–Trinajstić information content (AvgIpc) is 3.32. The van der Waals surface area contributed by atoms with Crippen molar-refractivity contribution in [2.45, 2.75) is 19.8 Å². The fraction of sp³-hybridized carbons (Fsp3) is 0.143. The minimum absolute atomic E-state index is 0.0848. The summed E-state index contributed by atoms with van der Waals surface area (Å²) in [4.78, 5) is 17.4. The predicted octanol–water partition coefficient (Wildman–Crippen LogP) is 5.29. The van der Waals surface area contributed by atoms with Crippen LogP contribution in [0.5, 0.6) is 0 Å². The van der Waals surface area contributed by atoms with Crippen molar-refractivity contribution in [2.24, 2.45) is 0 Å². The van der Waals surface area contributed by atoms with Crippen molar-refractivity contribution >= 4 is 34.0 Å². The zero-order chi connectivity index (χ0) is 17.9. The number of aryl methyl sites for hydroxylation is 1. The number of benzene rings is 2. The maximum atomic E-state index is 12.1. The third-order valence-corrected chi connectivity index (χ3v) is 5.09. The van der Waals surface area contributed by atoms with Gasteiger partial charge in [0.05, 0.1) is 4.88 Å². The van der Waals surface area contributed by atoms with Gasteiger partial charge in [-0.2, -0.15) is 0 Å². The molecule has 2 aromatic heterocycles. The highest BCUT2D eigenvalue weighted by molar-refractivity contribution is 7.12. The number of oxazole rings is 1. The maximum absolute atomic E-state index is 12.1. The minimum Gasteiger partial charge on any atom is -0.440 e. The summed E-state index contributed by atoms with van der Waals surface area (Å²) in [5, 5.41) is 4.79. The van der Waals surface area contributed by atoms with Crippen LogP contribution in [-0.2, 0) is 12.8 Å². The van der Waals surface area contributed by atoms with Gasteiger partial charge in [-0.25, -0.2) is 4.98 Å². The predicted molar refractivity (Wildman–Crippen MR) is 105 cm³/mol. The Hall–Kier alpha value is -2.92. The van der Waals surface area contributed by atoms with Crippen molar-refractivity contribution in [1.82, 2.24) is 4.98 Å². The maximum Gasteiger partial charge on any atom is 0.265 e. The number of anilines is 1. The molecule has 1 N–H and O–H groups in total. The smallest absolute Gasteiger partial charge is 0.265 e. The first-order chi connectivity index (χ1) is 12.7. The molecule has 2 heterocycles. The number of carbonyl (C=O) groups excluding carboxylic acids is 1. The van der Waals surface area contributed by atoms with Crippen LogP contribution in [-0.4, -0.2) is 10.9 Å². The van der Waals surface area contributed by atoms with Crippen LogP contribution in [0.1, 0.15) is 33.6 Å². The summed E-state index contributed by atoms with van der Waals surface area (Å²) in [5.74, 6) is 0.613. The van der Waals surface area contributed by atoms with Gasteiger partial charge in [0.15, 0.2) is 11.5 Å². The first kappa shape index (κ1) is 16.5. The van der Waals surface area contributed by atoms with Gasteiger partial charge in [-0.3, -0.25) is 4.79 Å². The van der Waals surface area contributed by atoms with Gasteiger partial charge in [0.1, 0.15) is 5.52 Å². The number of hydrogen-bond acceptors (Lipinski definition) is 4. The van der Waals surface area contributed by atoms with Crippen LogP contribution in [0.25, 0.3) is 11.1 Å². The van der Waals surface area contributed by atoms with Gasteiger partial charge in [-0.1, -0.05) is 31.2 Å². The molecule has 1 amide bonds. The standard InChI is InChI=1S/C21H18N2O2S/c1-2-14-7-10-18-17(12-14)23-20(25-18)13-15-5-8-16(9-6-15)22-21(24)19-4-3-11-26-19/h3-12H,2,13H2,1H3,(H,22,24). The second kappa shape index (κ2) is 7.14. The summed E-state index contributed by atoms with van der Waals surface area (Å²) in [7, 11) is 0. The molecule has 0 spiro atoms. The molecule has 0 unspecified atom stereocenters. The third kappa shape index (κ3) is 3.53. The van der Waals surface area contributed by atoms with Crippen molar-refractivity contribution in [1.29, 1.82) is 0 Å². The van der Waals surface area contributed by atoms with Crippen molar-refractivity contribution in [2.75, 3.05) is 5.32 Å². The van der Waals surface area contributed by atoms with E-state index in [9.17, 15) is 4.79 Å². The molecular weight excluding hydrogens is 344 g/mol. The molecular formula is C21H18N2O2S. The molecule has 0 aliphatic rings. The highest BCUT2D eigenvalue weighted by atomic mass is 32.1. The molecule has 0 aliphatic heterocycles. The molecule has 0 radical (unpaired) electrons. The van der Waals surface area contributed by atoms with Crippen LogP contribution in [0.3, 0.4) is 0 Å². The van der Waals surface area contributed by atoms with E-state index in [0.29, 0.717) is 17.2 Å². The van der Waals surface area contributed by atoms with Gasteiger partial charge in [0, 0.05) is 12.1 Å². The molecule has 130 valence electrons. The minimum atomic E-state index is -0.0848. The number of aromatic nitrogens is 1. The first-order valence-electron chi connectivity index (χ1n) is 8.53. The largest absolute Gasteiger partial charge is 0.440 e. The number of rotatable bonds is 5. The number of carbonyl (C=O) groups is 1. The van der Waals surface area contributed by atoms with Crippen molar-refractivity contribution in [3.63, 3.8) is 0 Å². The second-order valence-corrected chi connectivity index (χ2v) is 7.02. The summed E-state index contributed by atoms with van der Waals surface area (Å²) >= 11 is 1.43. The molecule has 0 fully saturated rings. The Morgan fingerprint density at radius 2 is 1.92 bits per heavy atom. The number of nitrogens with one attached hydrogen (secondary N) is 1. The highest BCUT2D eigenvalue weighted by Crippen LogP contribution is 2.21. The van der Waals surface area contributed by atoms with E-state index in [4.69, 9.17) is 4.42 Å². The molecule has 0 bridgehead atoms. The van der Waals surface area contributed by atoms with Crippen molar-refractivity contribution in [3.8, 4) is 0 Å². The summed E-state index contributed by atoms with van der Waals surface area (Å²) < 4.78 is 5.84. The molecule has 4 rings (SSSR count). The monoisotopic (exact) mass is 362 g/mol. The fourth-order valence-electron chi connectivity index (χ4n) is 2.80. The zero-order valence-corrected chi connectivity index (χ0v) is 15.2. The van der Waals surface area contributed by atoms with Crippen LogP contribution in [0.2, 0.25) is 0 Å². The number of hydrogen-bond donors (Lipinski definition) is 1. The molecule has 26 heavy (non-hydrogen) atoms. The van der Waals surface area contributed by atoms with E-state index in [1.807, 2.05) is 47.8 Å². The van der Waals surface area contributed by atoms with Crippen molar-refractivity contribution in [3.05, 3.63) is 81.9 Å². The Morgan fingerprint density at radius 1 is 1.12 bits per heavy atom. The lowest BCUT2D eigenvalue weighted by Crippen LogP contribution is -2.09. The molecule has 5 heteroatoms. The molecule has 0 saturated heterocycles. The Kier molecular flexibility index (Phi) is 4.54. The summed E-state index contributed by atoms with van der Waals surface area (Å²) in [6.45, 7) is 2.13. The van der Waals surface area contributed by atoms with Gasteiger partial charge in [-0.05, 0) is 53.3 Å². The first-order valence-corrected chi connectivity index (χ1v) is 9.41. The summed E-state index contributed by atoms with van der Waals surface area (Å²) in [6, 6.07) is 17.6. The lowest BCUT2D eigenvalue weighted by Gasteiger charge is -2.04. The van der Waals surface area contributed by atoms with Crippen LogP contribution in [0.4, 0.5) is 5.69 Å². The lowest BCUT2D eigenvalue weighted by molar-refractivity contribution is 0.103. The van der Waals surface area contributed by atoms with E-state index >= 15 is 0 Å². The van der Waals surface area contributed by atoms with Crippen LogP contribution >= 0.6 is 11.3 Å². The van der Waals surface area contributed by atoms with E-state index in [1.54, 1.807) is 0 Å². The molecule has 0 saturated carbocycles. The number of amides is 1. The SMILES string of the molecule is CCc1ccc2oc(Cc3ccc(NC(=O)c4cccs4)cc3)nc2c1. The number of fused-ring (bicyclic) bond motifs is 1. The van der Waals surface area contributed by atoms with Gasteiger partial charge in [0.2, 0.25) is 0 Å². The summed E-state index contributed by atoms with van der Waals surface area (Å²) in [5.41, 5.74) is 4.83. The topological polar surface area (TPSA) is 55.1 Å². The average molecular weight is 362 g/mol. The van der Waals surface area contributed by atoms with E-state index in [-0.39, 0.29) is 5.91 Å². The Labute approximate surface area is 155 Å². The lowest BCUT2D eigenvalue weighted by atomic mass is 10.1. The molecule has 2 aromatic carbocycles. The Balaban J connectivity index is 1.46. The number of thiophene rings is 1. The van der Waals surface area contributed by atoms with Gasteiger partial charge in [-0.15, -0.1) is 11.3 Å². The normalized spacial score (nSPS) is 11.0. The molecule has 0 aliphatic carbocycles. The van der Waals surface area contributed by atoms with Gasteiger partial charge in [0.25, 0.3) is 5.91 Å². The second-order valence-electron chi connectivity index (χ2n) is 6.07. The molecule has 4 nitrogen and oxygen atoms in total. The zero-order valence-electron chi connectivity index (χ0n) is 14.4. The van der Waals surface area contributed by atoms with E-state index < -0.39 is 0 Å². The summed E-state index contributed by atoms with van der Waals surface area (Å²) in [6.07, 6.45) is 1.60. The van der Waals surface area contributed by atoms with E-state index in [1.165, 1.54) is 16.9 Å². The van der Waals surface area contributed by atoms with Gasteiger partial charge >= 0.3 is 0 Å². The molecule has 4 aromatic rings. The van der Waals surface area contributed by atoms with Gasteiger partial charge < -0.3 is 9.73 Å². The van der Waals surface area contributed by atoms with E-state index in [2.05, 4.69) is 29.4 Å². The van der Waals surface area contributed by atoms with Crippen molar-refractivity contribution < 1.29 is 9.21 Å². The highest BCUT2D eigenvalue weighted by Gasteiger charge is 2.09. The van der Waals surface area contributed by atoms with Crippen LogP contribution in [0.15, 0.2) is 64.4 Å². The van der Waals surface area contributed by atoms with Crippen LogP contribution < -0.4 is 5.32 Å².